The molecule has 2 atom stereocenters. The fourth-order valence-electron chi connectivity index (χ4n) is 15.9. The number of amides is 4. The van der Waals surface area contributed by atoms with E-state index in [0.29, 0.717) is 72.1 Å². The van der Waals surface area contributed by atoms with Gasteiger partial charge in [0.1, 0.15) is 11.6 Å². The molecule has 6 saturated heterocycles. The van der Waals surface area contributed by atoms with E-state index in [-0.39, 0.29) is 38.3 Å². The van der Waals surface area contributed by atoms with Crippen LogP contribution in [0.25, 0.3) is 10.9 Å². The second kappa shape index (κ2) is 34.3. The zero-order valence-corrected chi connectivity index (χ0v) is 58.7. The summed E-state index contributed by atoms with van der Waals surface area (Å²) in [7, 11) is 0. The Labute approximate surface area is 590 Å². The molecule has 0 saturated carbocycles. The first-order chi connectivity index (χ1) is 46.9. The number of halogens is 5. The van der Waals surface area contributed by atoms with Gasteiger partial charge in [-0.2, -0.15) is 0 Å². The first-order valence-corrected chi connectivity index (χ1v) is 36.5. The number of nitrogens with two attached hydrogens (primary N) is 1. The summed E-state index contributed by atoms with van der Waals surface area (Å²) < 4.78 is 26.9. The lowest BCUT2D eigenvalue weighted by molar-refractivity contribution is -0.133. The van der Waals surface area contributed by atoms with Crippen LogP contribution in [0.4, 0.5) is 8.78 Å². The first-order valence-electron chi connectivity index (χ1n) is 35.4. The van der Waals surface area contributed by atoms with Crippen LogP contribution in [0.15, 0.2) is 146 Å². The molecular weight excluding hydrogens is 1280 g/mol. The number of carbonyl (C=O) groups is 4. The minimum Gasteiger partial charge on any atom is -0.369 e. The van der Waals surface area contributed by atoms with Crippen LogP contribution in [0.1, 0.15) is 123 Å². The molecule has 0 radical (unpaired) electrons. The number of rotatable bonds is 15. The van der Waals surface area contributed by atoms with Gasteiger partial charge in [-0.3, -0.25) is 29.1 Å². The van der Waals surface area contributed by atoms with Crippen molar-refractivity contribution in [2.75, 3.05) is 78.5 Å². The van der Waals surface area contributed by atoms with Gasteiger partial charge in [0, 0.05) is 95.0 Å². The number of aromatic nitrogens is 1. The SMILES string of the molecule is Cc1ccccc1CC(=O)N1CCC(N2CCC(Cc3cc(F)cc(F)c3)CC2)CC1.Cc1ccccc1CC(=O)N1CCC(N2CCC(Cc3ccc(Cl)cc3)CC2)CC1.NC(=O)[C@@H]1CN(C2CCN(C(=O)c3ccc4ncccc4c3)CC2)CC[C@@H]1Cc1ccc(Cl)c(Cl)c1.[HH].[HH]. The van der Waals surface area contributed by atoms with E-state index in [1.807, 2.05) is 94.7 Å². The highest BCUT2D eigenvalue weighted by molar-refractivity contribution is 6.42. The largest absolute Gasteiger partial charge is 0.369 e. The Morgan fingerprint density at radius 2 is 0.979 bits per heavy atom. The van der Waals surface area contributed by atoms with E-state index in [4.69, 9.17) is 40.5 Å². The monoisotopic (exact) mass is 1380 g/mol. The van der Waals surface area contributed by atoms with Crippen LogP contribution in [0, 0.1) is 49.2 Å². The highest BCUT2D eigenvalue weighted by Gasteiger charge is 2.38. The Hall–Kier alpha value is -6.78. The molecule has 6 fully saturated rings. The highest BCUT2D eigenvalue weighted by atomic mass is 35.5. The van der Waals surface area contributed by atoms with Gasteiger partial charge in [0.2, 0.25) is 17.7 Å². The molecule has 0 unspecified atom stereocenters. The van der Waals surface area contributed by atoms with Gasteiger partial charge in [0.25, 0.3) is 5.91 Å². The molecule has 1 aromatic heterocycles. The molecule has 0 spiro atoms. The van der Waals surface area contributed by atoms with Gasteiger partial charge in [0.15, 0.2) is 0 Å². The number of nitrogens with zero attached hydrogens (tertiary/aromatic N) is 7. The third-order valence-corrected chi connectivity index (χ3v) is 22.8. The van der Waals surface area contributed by atoms with Crippen molar-refractivity contribution in [1.29, 1.82) is 0 Å². The second-order valence-electron chi connectivity index (χ2n) is 28.1. The molecule has 0 aliphatic carbocycles. The van der Waals surface area contributed by atoms with Crippen molar-refractivity contribution in [1.82, 2.24) is 34.4 Å². The molecule has 4 amide bonds. The number of pyridine rings is 1. The average Bonchev–Trinajstić information content (AvgIpc) is 0.823. The summed E-state index contributed by atoms with van der Waals surface area (Å²) >= 11 is 18.3. The van der Waals surface area contributed by atoms with Gasteiger partial charge >= 0.3 is 0 Å². The molecule has 12 nitrogen and oxygen atoms in total. The van der Waals surface area contributed by atoms with Crippen molar-refractivity contribution in [3.05, 3.63) is 217 Å². The van der Waals surface area contributed by atoms with E-state index in [0.717, 1.165) is 173 Å². The minimum atomic E-state index is -0.490. The minimum absolute atomic E-state index is 0. The van der Waals surface area contributed by atoms with Gasteiger partial charge in [0.05, 0.1) is 34.3 Å². The van der Waals surface area contributed by atoms with Gasteiger partial charge in [-0.25, -0.2) is 8.78 Å². The maximum Gasteiger partial charge on any atom is 0.253 e. The predicted molar refractivity (Wildman–Crippen MR) is 390 cm³/mol. The van der Waals surface area contributed by atoms with Crippen LogP contribution in [0.3, 0.4) is 0 Å². The van der Waals surface area contributed by atoms with Crippen molar-refractivity contribution in [3.63, 3.8) is 0 Å². The van der Waals surface area contributed by atoms with Crippen molar-refractivity contribution in [2.45, 2.75) is 135 Å². The Morgan fingerprint density at radius 1 is 0.485 bits per heavy atom. The molecule has 6 aliphatic rings. The quantitative estimate of drug-likeness (QED) is 0.108. The summed E-state index contributed by atoms with van der Waals surface area (Å²) in [6.45, 7) is 15.1. The van der Waals surface area contributed by atoms with Crippen molar-refractivity contribution in [2.24, 2.45) is 29.4 Å². The molecule has 7 aromatic rings. The number of likely N-dealkylation sites (tertiary alicyclic amines) is 6. The molecule has 518 valence electrons. The summed E-state index contributed by atoms with van der Waals surface area (Å²) in [6.07, 6.45) is 17.1. The number of hydrogen-bond acceptors (Lipinski definition) is 8. The fraction of sp³-hybridized carbons (Fsp3) is 0.463. The highest BCUT2D eigenvalue weighted by Crippen LogP contribution is 2.34. The van der Waals surface area contributed by atoms with Crippen LogP contribution in [0.2, 0.25) is 15.1 Å². The van der Waals surface area contributed by atoms with Crippen LogP contribution < -0.4 is 5.73 Å². The number of aryl methyl sites for hydroxylation is 2. The molecular formula is C80H99Cl3F2N8O4. The fourth-order valence-corrected chi connectivity index (χ4v) is 16.4. The first kappa shape index (κ1) is 71.5. The molecule has 0 bridgehead atoms. The molecule has 2 N–H and O–H groups in total. The summed E-state index contributed by atoms with van der Waals surface area (Å²) in [5.74, 6) is 0.578. The molecule has 6 aromatic carbocycles. The molecule has 7 heterocycles. The zero-order chi connectivity index (χ0) is 68.0. The Bertz CT molecular complexity index is 3780. The van der Waals surface area contributed by atoms with Gasteiger partial charge in [-0.05, 0) is 254 Å². The van der Waals surface area contributed by atoms with Crippen molar-refractivity contribution >= 4 is 69.3 Å². The maximum atomic E-state index is 13.4. The van der Waals surface area contributed by atoms with Gasteiger partial charge in [-0.15, -0.1) is 0 Å². The van der Waals surface area contributed by atoms with Crippen LogP contribution in [-0.4, -0.2) is 155 Å². The summed E-state index contributed by atoms with van der Waals surface area (Å²) in [4.78, 5) is 69.0. The van der Waals surface area contributed by atoms with E-state index in [9.17, 15) is 28.0 Å². The Morgan fingerprint density at radius 3 is 1.51 bits per heavy atom. The van der Waals surface area contributed by atoms with Crippen LogP contribution >= 0.6 is 34.8 Å². The summed E-state index contributed by atoms with van der Waals surface area (Å²) in [5, 5.41) is 2.85. The number of hydrogen-bond donors (Lipinski definition) is 1. The number of carbonyl (C=O) groups excluding carboxylic acids is 4. The number of piperidine rings is 6. The third-order valence-electron chi connectivity index (χ3n) is 21.8. The second-order valence-corrected chi connectivity index (χ2v) is 29.4. The van der Waals surface area contributed by atoms with E-state index in [2.05, 4.69) is 68.8 Å². The smallest absolute Gasteiger partial charge is 0.253 e. The molecule has 17 heteroatoms. The average molecular weight is 1380 g/mol. The van der Waals surface area contributed by atoms with E-state index in [1.54, 1.807) is 12.3 Å². The topological polar surface area (TPSA) is 127 Å². The maximum absolute atomic E-state index is 13.4. The molecule has 97 heavy (non-hydrogen) atoms. The zero-order valence-electron chi connectivity index (χ0n) is 56.4. The standard InChI is InChI=1S/C28H30Cl2N4O2.C26H33ClN2O.C26H32F2N2O.2H2/c29-24-5-3-18(15-25(24)30)14-19-7-11-34(17-23(19)27(31)35)22-8-12-33(13-9-22)28(36)21-4-6-26-20(16-21)2-1-10-32-26;1-20-4-2-3-5-23(20)19-26(30)29-16-12-25(13-17-29)28-14-10-22(11-15-28)18-21-6-8-24(27)9-7-21;1-19-4-2-3-5-22(19)17-26(31)30-12-8-25(9-13-30)29-10-6-20(7-11-29)14-21-15-23(27)18-24(28)16-21;;/h1-6,10,15-16,19,22-23H,7-9,11-14,17H2,(H2,31,35);2-9,22,25H,10-19H2,1H3;2-5,15-16,18,20,25H,6-14,17H2,1H3;2*1H/t19-,23-;;;;/m1..../s1. The van der Waals surface area contributed by atoms with Crippen molar-refractivity contribution < 1.29 is 30.8 Å². The van der Waals surface area contributed by atoms with Gasteiger partial charge < -0.3 is 30.2 Å². The molecule has 6 aliphatic heterocycles. The Balaban J connectivity index is 0.000000173. The Kier molecular flexibility index (Phi) is 25.3. The van der Waals surface area contributed by atoms with E-state index >= 15 is 0 Å². The number of benzene rings is 6. The normalized spacial score (nSPS) is 20.0. The lowest BCUT2D eigenvalue weighted by Gasteiger charge is -2.44. The predicted octanol–water partition coefficient (Wildman–Crippen LogP) is 15.2. The van der Waals surface area contributed by atoms with Crippen molar-refractivity contribution in [3.8, 4) is 0 Å². The van der Waals surface area contributed by atoms with E-state index < -0.39 is 11.6 Å². The van der Waals surface area contributed by atoms with Crippen LogP contribution in [0.5, 0.6) is 0 Å². The molecule has 13 rings (SSSR count). The lowest BCUT2D eigenvalue weighted by Crippen LogP contribution is -2.53. The van der Waals surface area contributed by atoms with E-state index in [1.165, 1.54) is 54.8 Å². The van der Waals surface area contributed by atoms with Crippen LogP contribution in [-0.2, 0) is 46.5 Å². The summed E-state index contributed by atoms with van der Waals surface area (Å²) in [6, 6.07) is 45.2. The lowest BCUT2D eigenvalue weighted by atomic mass is 9.80. The number of fused-ring (bicyclic) bond motifs is 1. The third kappa shape index (κ3) is 19.8. The summed E-state index contributed by atoms with van der Waals surface area (Å²) in [5.41, 5.74) is 15.3. The number of primary amides is 1. The van der Waals surface area contributed by atoms with Gasteiger partial charge in [-0.1, -0.05) is 108 Å².